The standard InChI is InChI=1S/C20H27N5O3S/c1-15-18(20(26)22-12-16-8-5-4-6-9-16)13-21-19(23-15)17-10-7-11-25(14-17)29(27,28)24(2)3/h4-6,8-9,13,17H,7,10-12,14H2,1-3H3,(H,22,26)/t17-/m1/s1. The third kappa shape index (κ3) is 4.98. The van der Waals surface area contributed by atoms with Crippen LogP contribution in [0.5, 0.6) is 0 Å². The van der Waals surface area contributed by atoms with Gasteiger partial charge in [-0.1, -0.05) is 30.3 Å². The van der Waals surface area contributed by atoms with E-state index in [4.69, 9.17) is 0 Å². The number of aromatic nitrogens is 2. The van der Waals surface area contributed by atoms with Gasteiger partial charge in [0.25, 0.3) is 16.1 Å². The molecule has 8 nitrogen and oxygen atoms in total. The van der Waals surface area contributed by atoms with Gasteiger partial charge < -0.3 is 5.32 Å². The Bertz CT molecular complexity index is 963. The highest BCUT2D eigenvalue weighted by Crippen LogP contribution is 2.27. The van der Waals surface area contributed by atoms with E-state index in [0.717, 1.165) is 18.4 Å². The molecule has 1 fully saturated rings. The Balaban J connectivity index is 1.69. The van der Waals surface area contributed by atoms with Crippen molar-refractivity contribution in [3.63, 3.8) is 0 Å². The Morgan fingerprint density at radius 3 is 2.66 bits per heavy atom. The minimum absolute atomic E-state index is 0.0846. The first kappa shape index (κ1) is 21.4. The van der Waals surface area contributed by atoms with Crippen molar-refractivity contribution in [2.24, 2.45) is 0 Å². The average molecular weight is 418 g/mol. The number of aryl methyl sites for hydroxylation is 1. The molecular formula is C20H27N5O3S. The van der Waals surface area contributed by atoms with Gasteiger partial charge in [0.05, 0.1) is 11.3 Å². The molecule has 0 bridgehead atoms. The number of benzene rings is 1. The van der Waals surface area contributed by atoms with Crippen LogP contribution in [0.4, 0.5) is 0 Å². The molecule has 1 aromatic heterocycles. The molecule has 0 aliphatic carbocycles. The summed E-state index contributed by atoms with van der Waals surface area (Å²) in [6.45, 7) is 3.05. The molecule has 9 heteroatoms. The summed E-state index contributed by atoms with van der Waals surface area (Å²) in [5, 5.41) is 2.88. The van der Waals surface area contributed by atoms with E-state index >= 15 is 0 Å². The molecule has 1 aromatic carbocycles. The van der Waals surface area contributed by atoms with Gasteiger partial charge in [-0.3, -0.25) is 4.79 Å². The maximum absolute atomic E-state index is 12.5. The molecule has 3 rings (SSSR count). The highest BCUT2D eigenvalue weighted by molar-refractivity contribution is 7.86. The largest absolute Gasteiger partial charge is 0.348 e. The van der Waals surface area contributed by atoms with Gasteiger partial charge in [0.1, 0.15) is 5.82 Å². The monoisotopic (exact) mass is 417 g/mol. The van der Waals surface area contributed by atoms with Crippen LogP contribution in [-0.2, 0) is 16.8 Å². The first-order chi connectivity index (χ1) is 13.8. The summed E-state index contributed by atoms with van der Waals surface area (Å²) in [6.07, 6.45) is 3.11. The molecule has 1 N–H and O–H groups in total. The second-order valence-corrected chi connectivity index (χ2v) is 9.53. The lowest BCUT2D eigenvalue weighted by atomic mass is 9.98. The number of nitrogens with zero attached hydrogens (tertiary/aromatic N) is 4. The zero-order valence-corrected chi connectivity index (χ0v) is 17.8. The second kappa shape index (κ2) is 8.98. The highest BCUT2D eigenvalue weighted by atomic mass is 32.2. The second-order valence-electron chi connectivity index (χ2n) is 7.38. The molecule has 1 atom stereocenters. The van der Waals surface area contributed by atoms with Crippen LogP contribution in [0.2, 0.25) is 0 Å². The number of amides is 1. The van der Waals surface area contributed by atoms with E-state index in [0.29, 0.717) is 36.7 Å². The summed E-state index contributed by atoms with van der Waals surface area (Å²) in [5.41, 5.74) is 2.03. The third-order valence-electron chi connectivity index (χ3n) is 5.08. The Morgan fingerprint density at radius 2 is 2.00 bits per heavy atom. The summed E-state index contributed by atoms with van der Waals surface area (Å²) in [7, 11) is -0.399. The van der Waals surface area contributed by atoms with Gasteiger partial charge in [0.15, 0.2) is 0 Å². The van der Waals surface area contributed by atoms with Crippen LogP contribution in [0.25, 0.3) is 0 Å². The summed E-state index contributed by atoms with van der Waals surface area (Å²) >= 11 is 0. The van der Waals surface area contributed by atoms with Gasteiger partial charge in [-0.15, -0.1) is 0 Å². The fraction of sp³-hybridized carbons (Fsp3) is 0.450. The van der Waals surface area contributed by atoms with Crippen molar-refractivity contribution in [1.82, 2.24) is 23.9 Å². The van der Waals surface area contributed by atoms with Crippen molar-refractivity contribution in [1.29, 1.82) is 0 Å². The zero-order valence-electron chi connectivity index (χ0n) is 17.0. The van der Waals surface area contributed by atoms with E-state index in [1.165, 1.54) is 28.9 Å². The maximum atomic E-state index is 12.5. The van der Waals surface area contributed by atoms with Crippen molar-refractivity contribution in [2.75, 3.05) is 27.2 Å². The first-order valence-electron chi connectivity index (χ1n) is 9.62. The Hall–Kier alpha value is -2.36. The molecule has 1 saturated heterocycles. The molecule has 0 unspecified atom stereocenters. The molecule has 156 valence electrons. The molecule has 0 saturated carbocycles. The molecule has 0 radical (unpaired) electrons. The number of nitrogens with one attached hydrogen (secondary N) is 1. The van der Waals surface area contributed by atoms with Crippen LogP contribution < -0.4 is 5.32 Å². The molecule has 29 heavy (non-hydrogen) atoms. The SMILES string of the molecule is Cc1nc([C@@H]2CCCN(S(=O)(=O)N(C)C)C2)ncc1C(=O)NCc1ccccc1. The quantitative estimate of drug-likeness (QED) is 0.772. The van der Waals surface area contributed by atoms with Crippen LogP contribution in [0.15, 0.2) is 36.5 Å². The van der Waals surface area contributed by atoms with Crippen LogP contribution in [-0.4, -0.2) is 60.1 Å². The summed E-state index contributed by atoms with van der Waals surface area (Å²) in [6, 6.07) is 9.67. The lowest BCUT2D eigenvalue weighted by Gasteiger charge is -2.32. The van der Waals surface area contributed by atoms with Crippen molar-refractivity contribution in [3.8, 4) is 0 Å². The van der Waals surface area contributed by atoms with Crippen molar-refractivity contribution < 1.29 is 13.2 Å². The number of carbonyl (C=O) groups is 1. The van der Waals surface area contributed by atoms with Crippen LogP contribution in [0.3, 0.4) is 0 Å². The van der Waals surface area contributed by atoms with Crippen LogP contribution >= 0.6 is 0 Å². The van der Waals surface area contributed by atoms with Crippen LogP contribution in [0, 0.1) is 6.92 Å². The Morgan fingerprint density at radius 1 is 1.28 bits per heavy atom. The van der Waals surface area contributed by atoms with Crippen LogP contribution in [0.1, 0.15) is 46.2 Å². The van der Waals surface area contributed by atoms with Crippen molar-refractivity contribution >= 4 is 16.1 Å². The maximum Gasteiger partial charge on any atom is 0.281 e. The van der Waals surface area contributed by atoms with Gasteiger partial charge in [-0.05, 0) is 25.3 Å². The highest BCUT2D eigenvalue weighted by Gasteiger charge is 2.32. The predicted molar refractivity (Wildman–Crippen MR) is 111 cm³/mol. The number of rotatable bonds is 6. The fourth-order valence-electron chi connectivity index (χ4n) is 3.37. The van der Waals surface area contributed by atoms with Gasteiger partial charge >= 0.3 is 0 Å². The topological polar surface area (TPSA) is 95.5 Å². The Labute approximate surface area is 172 Å². The smallest absolute Gasteiger partial charge is 0.281 e. The lowest BCUT2D eigenvalue weighted by Crippen LogP contribution is -2.45. The van der Waals surface area contributed by atoms with Crippen molar-refractivity contribution in [2.45, 2.75) is 32.2 Å². The average Bonchev–Trinajstić information content (AvgIpc) is 2.72. The van der Waals surface area contributed by atoms with E-state index < -0.39 is 10.2 Å². The van der Waals surface area contributed by atoms with E-state index in [9.17, 15) is 13.2 Å². The minimum Gasteiger partial charge on any atom is -0.348 e. The van der Waals surface area contributed by atoms with E-state index in [1.807, 2.05) is 30.3 Å². The normalized spacial score (nSPS) is 18.0. The Kier molecular flexibility index (Phi) is 6.61. The summed E-state index contributed by atoms with van der Waals surface area (Å²) < 4.78 is 27.5. The van der Waals surface area contributed by atoms with Gasteiger partial charge in [0.2, 0.25) is 0 Å². The molecule has 2 heterocycles. The van der Waals surface area contributed by atoms with Gasteiger partial charge in [0, 0.05) is 45.8 Å². The number of hydrogen-bond donors (Lipinski definition) is 1. The molecular weight excluding hydrogens is 390 g/mol. The molecule has 1 aliphatic heterocycles. The molecule has 2 aromatic rings. The van der Waals surface area contributed by atoms with Gasteiger partial charge in [-0.25, -0.2) is 9.97 Å². The fourth-order valence-corrected chi connectivity index (χ4v) is 4.56. The zero-order chi connectivity index (χ0) is 21.0. The number of hydrogen-bond acceptors (Lipinski definition) is 5. The van der Waals surface area contributed by atoms with Gasteiger partial charge in [-0.2, -0.15) is 17.0 Å². The molecule has 0 spiro atoms. The van der Waals surface area contributed by atoms with E-state index in [-0.39, 0.29) is 11.8 Å². The summed E-state index contributed by atoms with van der Waals surface area (Å²) in [5.74, 6) is 0.276. The number of carbonyl (C=O) groups excluding carboxylic acids is 1. The first-order valence-corrected chi connectivity index (χ1v) is 11.0. The minimum atomic E-state index is -3.46. The number of piperidine rings is 1. The van der Waals surface area contributed by atoms with E-state index in [1.54, 1.807) is 6.92 Å². The van der Waals surface area contributed by atoms with Crippen molar-refractivity contribution in [3.05, 3.63) is 59.2 Å². The molecule has 1 amide bonds. The third-order valence-corrected chi connectivity index (χ3v) is 6.98. The van der Waals surface area contributed by atoms with E-state index in [2.05, 4.69) is 15.3 Å². The lowest BCUT2D eigenvalue weighted by molar-refractivity contribution is 0.0949. The molecule has 1 aliphatic rings. The summed E-state index contributed by atoms with van der Waals surface area (Å²) in [4.78, 5) is 21.4. The predicted octanol–water partition coefficient (Wildman–Crippen LogP) is 1.70.